The predicted octanol–water partition coefficient (Wildman–Crippen LogP) is 1.90. The van der Waals surface area contributed by atoms with Crippen molar-refractivity contribution < 1.29 is 13.5 Å². The summed E-state index contributed by atoms with van der Waals surface area (Å²) in [6, 6.07) is 7.56. The minimum absolute atomic E-state index is 0.0621. The summed E-state index contributed by atoms with van der Waals surface area (Å²) in [7, 11) is -3.92. The van der Waals surface area contributed by atoms with Crippen molar-refractivity contribution in [3.05, 3.63) is 35.4 Å². The summed E-state index contributed by atoms with van der Waals surface area (Å²) in [5, 5.41) is 12.9. The van der Waals surface area contributed by atoms with Gasteiger partial charge in [0.05, 0.1) is 11.0 Å². The second kappa shape index (κ2) is 5.26. The van der Waals surface area contributed by atoms with Crippen molar-refractivity contribution >= 4 is 55.9 Å². The van der Waals surface area contributed by atoms with Crippen molar-refractivity contribution in [2.45, 2.75) is 4.90 Å². The Labute approximate surface area is 146 Å². The molecule has 11 heteroatoms. The molecule has 0 aliphatic carbocycles. The third-order valence-electron chi connectivity index (χ3n) is 3.53. The quantitative estimate of drug-likeness (QED) is 0.437. The lowest BCUT2D eigenvalue weighted by Crippen LogP contribution is -2.38. The number of hydrogen-bond acceptors (Lipinski definition) is 7. The van der Waals surface area contributed by atoms with E-state index in [1.165, 1.54) is 12.1 Å². The zero-order valence-electron chi connectivity index (χ0n) is 12.4. The zero-order chi connectivity index (χ0) is 17.8. The number of aromatic amines is 1. The van der Waals surface area contributed by atoms with Crippen LogP contribution in [0.1, 0.15) is 0 Å². The third kappa shape index (κ3) is 2.71. The summed E-state index contributed by atoms with van der Waals surface area (Å²) in [6.45, 7) is 0. The van der Waals surface area contributed by atoms with Crippen LogP contribution in [0.3, 0.4) is 0 Å². The molecule has 0 saturated heterocycles. The lowest BCUT2D eigenvalue weighted by molar-refractivity contribution is 0.474. The fourth-order valence-electron chi connectivity index (χ4n) is 2.49. The first kappa shape index (κ1) is 15.5. The number of fused-ring (bicyclic) bond motifs is 2. The fraction of sp³-hybridized carbons (Fsp3) is 0. The fourth-order valence-corrected chi connectivity index (χ4v) is 3.91. The van der Waals surface area contributed by atoms with Crippen LogP contribution in [0.15, 0.2) is 40.2 Å². The van der Waals surface area contributed by atoms with Crippen molar-refractivity contribution in [2.24, 2.45) is 4.99 Å². The van der Waals surface area contributed by atoms with E-state index in [0.717, 1.165) is 5.52 Å². The number of halogens is 1. The number of aromatic hydroxyl groups is 1. The standard InChI is InChI=1S/C14H11ClN6O3S/c15-6-3-10(22)12-11(4-6)25(23,24)21-14(20-12)17-7-1-2-8-9(5-7)19-13(16)18-8/h1-5,22H,(H3,16,18,19)(H2,17,20,21). The van der Waals surface area contributed by atoms with E-state index in [9.17, 15) is 13.5 Å². The van der Waals surface area contributed by atoms with Gasteiger partial charge in [0.15, 0.2) is 5.95 Å². The van der Waals surface area contributed by atoms with Gasteiger partial charge in [0.1, 0.15) is 16.3 Å². The molecule has 1 aliphatic rings. The van der Waals surface area contributed by atoms with Gasteiger partial charge in [-0.15, -0.1) is 0 Å². The summed E-state index contributed by atoms with van der Waals surface area (Å²) < 4.78 is 27.0. The number of benzene rings is 2. The molecule has 9 nitrogen and oxygen atoms in total. The van der Waals surface area contributed by atoms with Crippen LogP contribution in [0.5, 0.6) is 5.75 Å². The Morgan fingerprint density at radius 2 is 2.04 bits per heavy atom. The average Bonchev–Trinajstić information content (AvgIpc) is 2.87. The summed E-state index contributed by atoms with van der Waals surface area (Å²) in [5.41, 5.74) is 7.40. The van der Waals surface area contributed by atoms with Crippen molar-refractivity contribution in [3.8, 4) is 5.75 Å². The molecular weight excluding hydrogens is 368 g/mol. The molecule has 6 N–H and O–H groups in total. The number of imidazole rings is 1. The maximum absolute atomic E-state index is 12.4. The van der Waals surface area contributed by atoms with Gasteiger partial charge in [0.2, 0.25) is 5.96 Å². The highest BCUT2D eigenvalue weighted by Crippen LogP contribution is 2.38. The Hall–Kier alpha value is -2.98. The number of nitrogens with two attached hydrogens (primary N) is 1. The van der Waals surface area contributed by atoms with E-state index in [-0.39, 0.29) is 33.3 Å². The number of phenols is 1. The van der Waals surface area contributed by atoms with E-state index in [1.807, 2.05) is 0 Å². The van der Waals surface area contributed by atoms with Gasteiger partial charge in [0, 0.05) is 16.8 Å². The van der Waals surface area contributed by atoms with E-state index in [4.69, 9.17) is 17.3 Å². The van der Waals surface area contributed by atoms with E-state index >= 15 is 0 Å². The molecule has 2 aromatic carbocycles. The minimum Gasteiger partial charge on any atom is -0.506 e. The number of hydrogen-bond donors (Lipinski definition) is 5. The minimum atomic E-state index is -3.92. The number of phenolic OH excluding ortho intramolecular Hbond substituents is 1. The first-order chi connectivity index (χ1) is 11.8. The van der Waals surface area contributed by atoms with E-state index in [2.05, 4.69) is 25.0 Å². The first-order valence-corrected chi connectivity index (χ1v) is 8.84. The van der Waals surface area contributed by atoms with Crippen molar-refractivity contribution in [1.82, 2.24) is 14.7 Å². The normalized spacial score (nSPS) is 15.3. The molecule has 0 atom stereocenters. The van der Waals surface area contributed by atoms with Gasteiger partial charge in [-0.3, -0.25) is 0 Å². The van der Waals surface area contributed by atoms with Gasteiger partial charge in [-0.2, -0.15) is 0 Å². The number of anilines is 2. The number of H-pyrrole nitrogens is 1. The molecule has 1 aromatic heterocycles. The van der Waals surface area contributed by atoms with Gasteiger partial charge in [-0.25, -0.2) is 23.1 Å². The number of nitrogens with one attached hydrogen (secondary N) is 3. The maximum atomic E-state index is 12.4. The highest BCUT2D eigenvalue weighted by molar-refractivity contribution is 7.90. The van der Waals surface area contributed by atoms with Crippen LogP contribution in [0, 0.1) is 0 Å². The lowest BCUT2D eigenvalue weighted by atomic mass is 10.3. The molecule has 128 valence electrons. The van der Waals surface area contributed by atoms with Crippen LogP contribution in [0.25, 0.3) is 11.0 Å². The number of nitrogen functional groups attached to an aromatic ring is 1. The molecule has 0 radical (unpaired) electrons. The Bertz CT molecular complexity index is 1150. The van der Waals surface area contributed by atoms with Crippen LogP contribution in [-0.2, 0) is 10.0 Å². The lowest BCUT2D eigenvalue weighted by Gasteiger charge is -2.19. The van der Waals surface area contributed by atoms with Crippen molar-refractivity contribution in [3.63, 3.8) is 0 Å². The summed E-state index contributed by atoms with van der Waals surface area (Å²) in [6.07, 6.45) is 0. The number of nitrogens with zero attached hydrogens (tertiary/aromatic N) is 2. The highest BCUT2D eigenvalue weighted by atomic mass is 35.5. The topological polar surface area (TPSA) is 145 Å². The molecule has 0 amide bonds. The maximum Gasteiger partial charge on any atom is 0.266 e. The van der Waals surface area contributed by atoms with Gasteiger partial charge < -0.3 is 21.1 Å². The van der Waals surface area contributed by atoms with Crippen LogP contribution in [-0.4, -0.2) is 29.5 Å². The Morgan fingerprint density at radius 3 is 2.84 bits per heavy atom. The molecular formula is C14H11ClN6O3S. The van der Waals surface area contributed by atoms with Crippen LogP contribution >= 0.6 is 11.6 Å². The molecule has 0 saturated carbocycles. The third-order valence-corrected chi connectivity index (χ3v) is 5.10. The Morgan fingerprint density at radius 1 is 1.24 bits per heavy atom. The molecule has 0 spiro atoms. The molecule has 0 fully saturated rings. The monoisotopic (exact) mass is 378 g/mol. The summed E-state index contributed by atoms with van der Waals surface area (Å²) >= 11 is 5.80. The van der Waals surface area contributed by atoms with Crippen molar-refractivity contribution in [2.75, 3.05) is 11.1 Å². The van der Waals surface area contributed by atoms with Crippen LogP contribution in [0.4, 0.5) is 17.3 Å². The van der Waals surface area contributed by atoms with Crippen LogP contribution in [0.2, 0.25) is 5.02 Å². The largest absolute Gasteiger partial charge is 0.506 e. The van der Waals surface area contributed by atoms with Gasteiger partial charge in [-0.1, -0.05) is 11.6 Å². The van der Waals surface area contributed by atoms with Gasteiger partial charge >= 0.3 is 0 Å². The van der Waals surface area contributed by atoms with Gasteiger partial charge in [-0.05, 0) is 24.3 Å². The summed E-state index contributed by atoms with van der Waals surface area (Å²) in [5.74, 6) is -0.117. The number of guanidine groups is 1. The predicted molar refractivity (Wildman–Crippen MR) is 94.7 cm³/mol. The molecule has 0 bridgehead atoms. The number of rotatable bonds is 1. The van der Waals surface area contributed by atoms with E-state index in [1.54, 1.807) is 18.2 Å². The first-order valence-electron chi connectivity index (χ1n) is 6.98. The molecule has 2 heterocycles. The molecule has 25 heavy (non-hydrogen) atoms. The Kier molecular flexibility index (Phi) is 3.27. The molecule has 4 rings (SSSR count). The average molecular weight is 379 g/mol. The van der Waals surface area contributed by atoms with Crippen molar-refractivity contribution in [1.29, 1.82) is 0 Å². The SMILES string of the molecule is Nc1nc2cc(NC3=Nc4c(O)cc(Cl)cc4S(=O)(=O)N3)ccc2[nH]1. The zero-order valence-corrected chi connectivity index (χ0v) is 14.0. The van der Waals surface area contributed by atoms with Gasteiger partial charge in [0.25, 0.3) is 10.0 Å². The van der Waals surface area contributed by atoms with Crippen LogP contribution < -0.4 is 15.8 Å². The number of aromatic nitrogens is 2. The number of aliphatic imine (C=N–C) groups is 1. The second-order valence-corrected chi connectivity index (χ2v) is 7.40. The molecule has 0 unspecified atom stereocenters. The Balaban J connectivity index is 1.76. The number of sulfonamides is 1. The smallest absolute Gasteiger partial charge is 0.266 e. The second-order valence-electron chi connectivity index (χ2n) is 5.32. The molecule has 3 aromatic rings. The highest BCUT2D eigenvalue weighted by Gasteiger charge is 2.28. The summed E-state index contributed by atoms with van der Waals surface area (Å²) in [4.78, 5) is 10.9. The van der Waals surface area contributed by atoms with E-state index in [0.29, 0.717) is 11.2 Å². The molecule has 1 aliphatic heterocycles. The van der Waals surface area contributed by atoms with E-state index < -0.39 is 10.0 Å².